The number of hydrogen-bond donors (Lipinski definition) is 1. The summed E-state index contributed by atoms with van der Waals surface area (Å²) < 4.78 is 24.6. The Labute approximate surface area is 125 Å². The van der Waals surface area contributed by atoms with E-state index in [4.69, 9.17) is 5.11 Å². The molecule has 5 nitrogen and oxygen atoms in total. The predicted molar refractivity (Wildman–Crippen MR) is 81.4 cm³/mol. The maximum Gasteiger partial charge on any atom is 0.347 e. The average Bonchev–Trinajstić information content (AvgIpc) is 2.47. The fraction of sp³-hybridized carbons (Fsp3) is 0.267. The zero-order chi connectivity index (χ0) is 15.9. The van der Waals surface area contributed by atoms with E-state index in [1.807, 2.05) is 18.7 Å². The molecule has 1 aromatic rings. The van der Waals surface area contributed by atoms with Crippen molar-refractivity contribution < 1.29 is 18.3 Å². The third-order valence-corrected chi connectivity index (χ3v) is 4.69. The molecule has 21 heavy (non-hydrogen) atoms. The first-order valence-corrected chi connectivity index (χ1v) is 8.07. The van der Waals surface area contributed by atoms with Crippen LogP contribution in [0, 0.1) is 0 Å². The minimum atomic E-state index is -4.02. The summed E-state index contributed by atoms with van der Waals surface area (Å²) in [5.41, 5.74) is 0. The molecule has 0 aliphatic carbocycles. The Morgan fingerprint density at radius 1 is 1.19 bits per heavy atom. The molecule has 0 aliphatic rings. The summed E-state index contributed by atoms with van der Waals surface area (Å²) in [6, 6.07) is 7.53. The first-order chi connectivity index (χ1) is 9.93. The van der Waals surface area contributed by atoms with Gasteiger partial charge in [-0.25, -0.2) is 13.2 Å². The molecular formula is C15H19NO4S. The molecule has 0 atom stereocenters. The topological polar surface area (TPSA) is 74.7 Å². The van der Waals surface area contributed by atoms with Gasteiger partial charge in [0, 0.05) is 13.1 Å². The Kier molecular flexibility index (Phi) is 6.17. The summed E-state index contributed by atoms with van der Waals surface area (Å²) in [7, 11) is -4.02. The van der Waals surface area contributed by atoms with E-state index in [2.05, 4.69) is 0 Å². The second-order valence-corrected chi connectivity index (χ2v) is 6.13. The molecule has 0 saturated carbocycles. The minimum absolute atomic E-state index is 0.0325. The van der Waals surface area contributed by atoms with E-state index in [-0.39, 0.29) is 4.90 Å². The van der Waals surface area contributed by atoms with Crippen LogP contribution in [0.2, 0.25) is 0 Å². The van der Waals surface area contributed by atoms with Crippen LogP contribution in [0.1, 0.15) is 13.8 Å². The lowest BCUT2D eigenvalue weighted by Crippen LogP contribution is -2.15. The van der Waals surface area contributed by atoms with E-state index in [1.54, 1.807) is 24.4 Å². The van der Waals surface area contributed by atoms with Crippen molar-refractivity contribution in [2.24, 2.45) is 0 Å². The van der Waals surface area contributed by atoms with Crippen LogP contribution in [0.3, 0.4) is 0 Å². The van der Waals surface area contributed by atoms with Gasteiger partial charge in [-0.05, 0) is 44.3 Å². The SMILES string of the molecule is CCN(C=CC=C(C(=O)O)S(=O)(=O)c1ccccc1)CC. The highest BCUT2D eigenvalue weighted by Gasteiger charge is 2.25. The van der Waals surface area contributed by atoms with Crippen LogP contribution in [0.25, 0.3) is 0 Å². The normalized spacial score (nSPS) is 12.6. The molecule has 0 heterocycles. The largest absolute Gasteiger partial charge is 0.477 e. The van der Waals surface area contributed by atoms with Gasteiger partial charge in [-0.1, -0.05) is 18.2 Å². The number of nitrogens with zero attached hydrogens (tertiary/aromatic N) is 1. The second kappa shape index (κ2) is 7.64. The number of benzene rings is 1. The molecule has 0 aliphatic heterocycles. The van der Waals surface area contributed by atoms with E-state index in [1.165, 1.54) is 18.2 Å². The van der Waals surface area contributed by atoms with Crippen LogP contribution in [0.15, 0.2) is 58.5 Å². The number of aliphatic carboxylic acids is 1. The molecule has 1 rings (SSSR count). The fourth-order valence-electron chi connectivity index (χ4n) is 1.69. The standard InChI is InChI=1S/C15H19NO4S/c1-3-16(4-2)12-8-11-14(15(17)18)21(19,20)13-9-6-5-7-10-13/h5-12H,3-4H2,1-2H3,(H,17,18). The van der Waals surface area contributed by atoms with Crippen molar-refractivity contribution in [3.63, 3.8) is 0 Å². The van der Waals surface area contributed by atoms with Gasteiger partial charge in [0.15, 0.2) is 4.91 Å². The van der Waals surface area contributed by atoms with Gasteiger partial charge in [-0.15, -0.1) is 0 Å². The van der Waals surface area contributed by atoms with E-state index in [9.17, 15) is 13.2 Å². The number of carboxylic acid groups (broad SMARTS) is 1. The highest BCUT2D eigenvalue weighted by atomic mass is 32.2. The molecule has 0 saturated heterocycles. The lowest BCUT2D eigenvalue weighted by molar-refractivity contribution is -0.131. The molecule has 0 aromatic heterocycles. The quantitative estimate of drug-likeness (QED) is 0.618. The van der Waals surface area contributed by atoms with Crippen molar-refractivity contribution in [2.45, 2.75) is 18.7 Å². The summed E-state index contributed by atoms with van der Waals surface area (Å²) in [5, 5.41) is 9.15. The molecule has 0 amide bonds. The van der Waals surface area contributed by atoms with Crippen LogP contribution >= 0.6 is 0 Å². The first kappa shape index (κ1) is 17.0. The molecule has 0 unspecified atom stereocenters. The zero-order valence-electron chi connectivity index (χ0n) is 12.1. The Morgan fingerprint density at radius 2 is 1.76 bits per heavy atom. The predicted octanol–water partition coefficient (Wildman–Crippen LogP) is 2.28. The van der Waals surface area contributed by atoms with Crippen LogP contribution in [-0.4, -0.2) is 37.5 Å². The van der Waals surface area contributed by atoms with Crippen molar-refractivity contribution in [3.05, 3.63) is 53.6 Å². The number of carboxylic acids is 1. The molecular weight excluding hydrogens is 290 g/mol. The number of rotatable bonds is 7. The van der Waals surface area contributed by atoms with Gasteiger partial charge in [0.25, 0.3) is 0 Å². The zero-order valence-corrected chi connectivity index (χ0v) is 12.9. The minimum Gasteiger partial charge on any atom is -0.477 e. The number of hydrogen-bond acceptors (Lipinski definition) is 4. The summed E-state index contributed by atoms with van der Waals surface area (Å²) in [5.74, 6) is -1.47. The molecule has 0 radical (unpaired) electrons. The highest BCUT2D eigenvalue weighted by molar-refractivity contribution is 7.96. The lowest BCUT2D eigenvalue weighted by Gasteiger charge is -2.14. The molecule has 0 spiro atoms. The van der Waals surface area contributed by atoms with Crippen molar-refractivity contribution in [1.82, 2.24) is 4.90 Å². The molecule has 114 valence electrons. The van der Waals surface area contributed by atoms with Gasteiger partial charge in [0.1, 0.15) is 0 Å². The van der Waals surface area contributed by atoms with Crippen molar-refractivity contribution >= 4 is 15.8 Å². The van der Waals surface area contributed by atoms with Gasteiger partial charge < -0.3 is 10.0 Å². The van der Waals surface area contributed by atoms with Gasteiger partial charge >= 0.3 is 5.97 Å². The van der Waals surface area contributed by atoms with Crippen LogP contribution < -0.4 is 0 Å². The fourth-order valence-corrected chi connectivity index (χ4v) is 2.95. The number of carbonyl (C=O) groups is 1. The summed E-state index contributed by atoms with van der Waals surface area (Å²) in [6.07, 6.45) is 4.23. The van der Waals surface area contributed by atoms with Crippen molar-refractivity contribution in [2.75, 3.05) is 13.1 Å². The van der Waals surface area contributed by atoms with E-state index >= 15 is 0 Å². The average molecular weight is 309 g/mol. The van der Waals surface area contributed by atoms with Crippen LogP contribution in [-0.2, 0) is 14.6 Å². The third-order valence-electron chi connectivity index (χ3n) is 2.91. The smallest absolute Gasteiger partial charge is 0.347 e. The lowest BCUT2D eigenvalue weighted by atomic mass is 10.4. The number of sulfone groups is 1. The Balaban J connectivity index is 3.16. The third kappa shape index (κ3) is 4.46. The van der Waals surface area contributed by atoms with Crippen molar-refractivity contribution in [3.8, 4) is 0 Å². The molecule has 0 fully saturated rings. The maximum atomic E-state index is 12.3. The van der Waals surface area contributed by atoms with Gasteiger partial charge in [-0.3, -0.25) is 0 Å². The highest BCUT2D eigenvalue weighted by Crippen LogP contribution is 2.19. The molecule has 0 bridgehead atoms. The van der Waals surface area contributed by atoms with Gasteiger partial charge in [-0.2, -0.15) is 0 Å². The van der Waals surface area contributed by atoms with Crippen molar-refractivity contribution in [1.29, 1.82) is 0 Å². The molecule has 1 N–H and O–H groups in total. The van der Waals surface area contributed by atoms with Crippen LogP contribution in [0.5, 0.6) is 0 Å². The van der Waals surface area contributed by atoms with E-state index in [0.29, 0.717) is 0 Å². The number of allylic oxidation sites excluding steroid dienone is 2. The maximum absolute atomic E-state index is 12.3. The first-order valence-electron chi connectivity index (χ1n) is 6.59. The van der Waals surface area contributed by atoms with E-state index < -0.39 is 20.7 Å². The Bertz CT molecular complexity index is 629. The molecule has 6 heteroatoms. The van der Waals surface area contributed by atoms with Crippen LogP contribution in [0.4, 0.5) is 0 Å². The molecule has 1 aromatic carbocycles. The Hall–Kier alpha value is -2.08. The summed E-state index contributed by atoms with van der Waals surface area (Å²) >= 11 is 0. The van der Waals surface area contributed by atoms with E-state index in [0.717, 1.165) is 19.2 Å². The summed E-state index contributed by atoms with van der Waals surface area (Å²) in [4.78, 5) is 12.5. The Morgan fingerprint density at radius 3 is 2.24 bits per heavy atom. The second-order valence-electron chi connectivity index (χ2n) is 4.22. The summed E-state index contributed by atoms with van der Waals surface area (Å²) in [6.45, 7) is 5.43. The van der Waals surface area contributed by atoms with Gasteiger partial charge in [0.2, 0.25) is 9.84 Å². The monoisotopic (exact) mass is 309 g/mol. The van der Waals surface area contributed by atoms with Gasteiger partial charge in [0.05, 0.1) is 4.90 Å².